The Balaban J connectivity index is 1.59. The van der Waals surface area contributed by atoms with Gasteiger partial charge in [0.1, 0.15) is 5.75 Å². The first-order chi connectivity index (χ1) is 16.3. The molecule has 0 aliphatic carbocycles. The van der Waals surface area contributed by atoms with Gasteiger partial charge in [-0.15, -0.1) is 0 Å². The molecule has 0 spiro atoms. The number of aromatic nitrogens is 4. The molecule has 2 N–H and O–H groups in total. The van der Waals surface area contributed by atoms with Gasteiger partial charge >= 0.3 is 17.3 Å². The first kappa shape index (κ1) is 22.9. The van der Waals surface area contributed by atoms with Crippen LogP contribution in [0, 0.1) is 6.92 Å². The summed E-state index contributed by atoms with van der Waals surface area (Å²) in [7, 11) is 0. The van der Waals surface area contributed by atoms with Crippen molar-refractivity contribution in [3.8, 4) is 10.9 Å². The van der Waals surface area contributed by atoms with E-state index in [9.17, 15) is 14.4 Å². The molecule has 0 saturated carbocycles. The third-order valence-electron chi connectivity index (χ3n) is 4.95. The number of nitrogens with one attached hydrogen (secondary N) is 1. The van der Waals surface area contributed by atoms with Gasteiger partial charge in [-0.2, -0.15) is 9.97 Å². The predicted molar refractivity (Wildman–Crippen MR) is 128 cm³/mol. The van der Waals surface area contributed by atoms with Gasteiger partial charge in [-0.1, -0.05) is 41.2 Å². The van der Waals surface area contributed by atoms with E-state index in [4.69, 9.17) is 9.84 Å². The topological polar surface area (TPSA) is 128 Å². The second kappa shape index (κ2) is 9.71. The first-order valence-electron chi connectivity index (χ1n) is 10.3. The summed E-state index contributed by atoms with van der Waals surface area (Å²) in [5, 5.41) is 13.6. The number of carboxylic acid groups (broad SMARTS) is 1. The van der Waals surface area contributed by atoms with Crippen LogP contribution in [0.3, 0.4) is 0 Å². The number of anilines is 2. The van der Waals surface area contributed by atoms with E-state index in [1.807, 2.05) is 31.2 Å². The zero-order chi connectivity index (χ0) is 24.2. The number of rotatable bonds is 8. The van der Waals surface area contributed by atoms with Crippen molar-refractivity contribution in [1.82, 2.24) is 19.1 Å². The fourth-order valence-electron chi connectivity index (χ4n) is 3.15. The molecule has 34 heavy (non-hydrogen) atoms. The largest absolute Gasteiger partial charge is 0.476 e. The molecule has 0 aliphatic heterocycles. The van der Waals surface area contributed by atoms with E-state index in [1.165, 1.54) is 9.95 Å². The van der Waals surface area contributed by atoms with Crippen molar-refractivity contribution < 1.29 is 14.6 Å². The molecule has 2 aromatic carbocycles. The predicted octanol–water partition coefficient (Wildman–Crippen LogP) is 3.47. The zero-order valence-electron chi connectivity index (χ0n) is 18.4. The van der Waals surface area contributed by atoms with Crippen LogP contribution in [0.4, 0.5) is 11.6 Å². The number of hydrogen-bond acceptors (Lipinski definition) is 8. The van der Waals surface area contributed by atoms with Crippen molar-refractivity contribution in [3.63, 3.8) is 0 Å². The minimum Gasteiger partial charge on any atom is -0.476 e. The summed E-state index contributed by atoms with van der Waals surface area (Å²) in [6.45, 7) is 4.15. The molecule has 0 unspecified atom stereocenters. The fourth-order valence-corrected chi connectivity index (χ4v) is 3.81. The molecular formula is C23H21N5O5S. The molecule has 0 bridgehead atoms. The van der Waals surface area contributed by atoms with E-state index in [2.05, 4.69) is 15.3 Å². The van der Waals surface area contributed by atoms with Gasteiger partial charge in [-0.3, -0.25) is 4.57 Å². The molecule has 4 rings (SSSR count). The van der Waals surface area contributed by atoms with Gasteiger partial charge in [0.05, 0.1) is 6.54 Å². The smallest absolute Gasteiger partial charge is 0.355 e. The highest BCUT2D eigenvalue weighted by atomic mass is 32.1. The quantitative estimate of drug-likeness (QED) is 0.393. The standard InChI is InChI=1S/C23H21N5O5S/c1-3-27-21(31)26-20(28(23(27)32)12-15-6-4-14(2)5-7-15)24-16-8-10-17(11-9-16)33-22-25-18(13-34-22)19(29)30/h4-11,13H,3,12H2,1-2H3,(H,29,30)(H,24,26,31). The lowest BCUT2D eigenvalue weighted by Crippen LogP contribution is -2.42. The summed E-state index contributed by atoms with van der Waals surface area (Å²) < 4.78 is 8.09. The van der Waals surface area contributed by atoms with Gasteiger partial charge in [0.25, 0.3) is 5.19 Å². The normalized spacial score (nSPS) is 10.8. The molecule has 0 fully saturated rings. The average Bonchev–Trinajstić information content (AvgIpc) is 3.28. The van der Waals surface area contributed by atoms with Gasteiger partial charge in [0, 0.05) is 17.6 Å². The molecule has 10 nitrogen and oxygen atoms in total. The van der Waals surface area contributed by atoms with Crippen molar-refractivity contribution in [1.29, 1.82) is 0 Å². The number of aromatic carboxylic acids is 1. The van der Waals surface area contributed by atoms with Crippen LogP contribution in [0.25, 0.3) is 0 Å². The van der Waals surface area contributed by atoms with Gasteiger partial charge in [-0.25, -0.2) is 19.0 Å². The molecule has 0 atom stereocenters. The lowest BCUT2D eigenvalue weighted by atomic mass is 10.1. The van der Waals surface area contributed by atoms with Crippen LogP contribution in [0.15, 0.2) is 63.5 Å². The summed E-state index contributed by atoms with van der Waals surface area (Å²) in [6.07, 6.45) is 0. The zero-order valence-corrected chi connectivity index (χ0v) is 19.2. The van der Waals surface area contributed by atoms with E-state index >= 15 is 0 Å². The Morgan fingerprint density at radius 1 is 1.06 bits per heavy atom. The van der Waals surface area contributed by atoms with Crippen molar-refractivity contribution in [3.05, 3.63) is 91.7 Å². The van der Waals surface area contributed by atoms with Crippen LogP contribution in [-0.4, -0.2) is 30.2 Å². The molecule has 4 aromatic rings. The summed E-state index contributed by atoms with van der Waals surface area (Å²) in [5.74, 6) is -0.553. The van der Waals surface area contributed by atoms with E-state index in [0.29, 0.717) is 11.4 Å². The van der Waals surface area contributed by atoms with Crippen molar-refractivity contribution >= 4 is 28.9 Å². The Kier molecular flexibility index (Phi) is 6.55. The number of thiazole rings is 1. The minimum atomic E-state index is -1.13. The maximum Gasteiger partial charge on any atom is 0.355 e. The van der Waals surface area contributed by atoms with Gasteiger partial charge in [-0.05, 0) is 43.7 Å². The molecule has 0 radical (unpaired) electrons. The molecule has 0 aliphatic rings. The highest BCUT2D eigenvalue weighted by Crippen LogP contribution is 2.27. The molecule has 2 heterocycles. The van der Waals surface area contributed by atoms with Gasteiger partial charge < -0.3 is 15.2 Å². The Morgan fingerprint density at radius 2 is 1.76 bits per heavy atom. The van der Waals surface area contributed by atoms with E-state index < -0.39 is 17.3 Å². The Bertz CT molecular complexity index is 1440. The minimum absolute atomic E-state index is 0.0854. The van der Waals surface area contributed by atoms with Crippen LogP contribution < -0.4 is 21.4 Å². The van der Waals surface area contributed by atoms with Crippen molar-refractivity contribution in [2.24, 2.45) is 0 Å². The molecular weight excluding hydrogens is 458 g/mol. The fraction of sp³-hybridized carbons (Fsp3) is 0.174. The van der Waals surface area contributed by atoms with Crippen LogP contribution >= 0.6 is 11.3 Å². The third kappa shape index (κ3) is 5.04. The number of aryl methyl sites for hydroxylation is 1. The molecule has 0 amide bonds. The van der Waals surface area contributed by atoms with Crippen LogP contribution in [0.1, 0.15) is 28.5 Å². The number of ether oxygens (including phenoxy) is 1. The number of nitrogens with zero attached hydrogens (tertiary/aromatic N) is 4. The highest BCUT2D eigenvalue weighted by Gasteiger charge is 2.14. The summed E-state index contributed by atoms with van der Waals surface area (Å²) in [4.78, 5) is 44.3. The Labute approximate surface area is 197 Å². The highest BCUT2D eigenvalue weighted by molar-refractivity contribution is 7.11. The third-order valence-corrected chi connectivity index (χ3v) is 5.66. The number of carboxylic acids is 1. The SMILES string of the molecule is CCn1c(=O)nc(Nc2ccc(Oc3nc(C(=O)O)cs3)cc2)n(Cc2ccc(C)cc2)c1=O. The van der Waals surface area contributed by atoms with Crippen molar-refractivity contribution in [2.75, 3.05) is 5.32 Å². The van der Waals surface area contributed by atoms with Gasteiger partial charge in [0.2, 0.25) is 5.95 Å². The van der Waals surface area contributed by atoms with Crippen LogP contribution in [-0.2, 0) is 13.1 Å². The maximum atomic E-state index is 13.0. The molecule has 0 saturated heterocycles. The van der Waals surface area contributed by atoms with Crippen LogP contribution in [0.2, 0.25) is 0 Å². The van der Waals surface area contributed by atoms with Crippen LogP contribution in [0.5, 0.6) is 10.9 Å². The number of benzene rings is 2. The van der Waals surface area contributed by atoms with E-state index in [0.717, 1.165) is 27.0 Å². The first-order valence-corrected chi connectivity index (χ1v) is 11.2. The molecule has 11 heteroatoms. The van der Waals surface area contributed by atoms with Gasteiger partial charge in [0.15, 0.2) is 5.69 Å². The lowest BCUT2D eigenvalue weighted by Gasteiger charge is -2.15. The number of hydrogen-bond donors (Lipinski definition) is 2. The average molecular weight is 480 g/mol. The summed E-state index contributed by atoms with van der Waals surface area (Å²) in [6, 6.07) is 14.4. The van der Waals surface area contributed by atoms with E-state index in [-0.39, 0.29) is 29.9 Å². The second-order valence-electron chi connectivity index (χ2n) is 7.37. The second-order valence-corrected chi connectivity index (χ2v) is 8.19. The lowest BCUT2D eigenvalue weighted by molar-refractivity contribution is 0.0690. The monoisotopic (exact) mass is 479 g/mol. The molecule has 2 aromatic heterocycles. The Hall–Kier alpha value is -4.25. The summed E-state index contributed by atoms with van der Waals surface area (Å²) in [5.41, 5.74) is 1.41. The number of carbonyl (C=O) groups is 1. The Morgan fingerprint density at radius 3 is 2.38 bits per heavy atom. The summed E-state index contributed by atoms with van der Waals surface area (Å²) >= 11 is 1.07. The van der Waals surface area contributed by atoms with Crippen molar-refractivity contribution in [2.45, 2.75) is 26.9 Å². The maximum absolute atomic E-state index is 13.0. The van der Waals surface area contributed by atoms with E-state index in [1.54, 1.807) is 31.2 Å². The molecule has 174 valence electrons.